The van der Waals surface area contributed by atoms with Crippen LogP contribution in [0, 0.1) is 0 Å². The van der Waals surface area contributed by atoms with Gasteiger partial charge in [-0.3, -0.25) is 0 Å². The maximum Gasteiger partial charge on any atom is 0.338 e. The Morgan fingerprint density at radius 3 is 0.377 bits per heavy atom. The van der Waals surface area contributed by atoms with Crippen LogP contribution in [0.5, 0.6) is 23.0 Å². The average molecular weight is 1640 g/mol. The van der Waals surface area contributed by atoms with Gasteiger partial charge in [-0.2, -0.15) is 0 Å². The molecule has 20 nitrogen and oxygen atoms in total. The second kappa shape index (κ2) is 42.3. The summed E-state index contributed by atoms with van der Waals surface area (Å²) in [7, 11) is 0. The van der Waals surface area contributed by atoms with Gasteiger partial charge in [0, 0.05) is 11.8 Å². The van der Waals surface area contributed by atoms with Crippen molar-refractivity contribution in [1.29, 1.82) is 0 Å². The van der Waals surface area contributed by atoms with Gasteiger partial charge in [-0.25, -0.2) is 38.4 Å². The van der Waals surface area contributed by atoms with Crippen LogP contribution >= 0.6 is 0 Å². The largest absolute Gasteiger partial charge is 0.481 e. The molecule has 0 aliphatic rings. The van der Waals surface area contributed by atoms with Gasteiger partial charge >= 0.3 is 47.8 Å². The first kappa shape index (κ1) is 86.9. The minimum atomic E-state index is -0.763. The van der Waals surface area contributed by atoms with E-state index >= 15 is 0 Å². The standard InChI is InChI=1S/C102H94O20/c1-9-111-95(103)77-33-17-69(18-34-77)91(70-19-35-78(36-20-70)96(104)112-10-2)119-85-57-49-65(50-58-85)89(66-51-59-86(60-52-66)120-92(71-21-37-79(38-22-71)97(105)113-11-3)72-23-39-80(40-24-72)98(106)114-12-4)90(67-53-61-87(62-54-67)121-93(73-25-41-81(42-26-73)99(107)115-13-5)74-27-43-82(44-28-74)100(108)116-14-6)68-55-63-88(64-56-68)122-94(75-29-45-83(46-30-75)101(109)117-15-7)76-31-47-84(48-32-76)102(110)118-16-8/h17-64,89-94H,9-16H2,1-8H3. The number of carbonyl (C=O) groups excluding carboxylic acids is 8. The van der Waals surface area contributed by atoms with Gasteiger partial charge < -0.3 is 56.8 Å². The van der Waals surface area contributed by atoms with Crippen LogP contribution in [-0.4, -0.2) is 101 Å². The first-order valence-electron chi connectivity index (χ1n) is 40.6. The summed E-state index contributed by atoms with van der Waals surface area (Å²) in [6.45, 7) is 15.5. The zero-order chi connectivity index (χ0) is 86.0. The summed E-state index contributed by atoms with van der Waals surface area (Å²) in [4.78, 5) is 104. The fraction of sp³-hybridized carbons (Fsp3) is 0.216. The van der Waals surface area contributed by atoms with Crippen LogP contribution in [0.4, 0.5) is 0 Å². The van der Waals surface area contributed by atoms with E-state index in [1.54, 1.807) is 152 Å². The van der Waals surface area contributed by atoms with Gasteiger partial charge in [0.15, 0.2) is 0 Å². The lowest BCUT2D eigenvalue weighted by Crippen LogP contribution is -2.16. The van der Waals surface area contributed by atoms with E-state index in [9.17, 15) is 38.4 Å². The molecule has 20 heteroatoms. The molecule has 0 radical (unpaired) electrons. The van der Waals surface area contributed by atoms with Crippen LogP contribution in [0.3, 0.4) is 0 Å². The van der Waals surface area contributed by atoms with Crippen LogP contribution in [0.1, 0.15) is 241 Å². The molecule has 12 rings (SSSR count). The van der Waals surface area contributed by atoms with Crippen molar-refractivity contribution < 1.29 is 95.2 Å². The third-order valence-corrected chi connectivity index (χ3v) is 20.1. The van der Waals surface area contributed by atoms with Gasteiger partial charge in [-0.15, -0.1) is 0 Å². The van der Waals surface area contributed by atoms with Crippen molar-refractivity contribution in [1.82, 2.24) is 0 Å². The van der Waals surface area contributed by atoms with E-state index in [1.807, 2.05) is 194 Å². The Morgan fingerprint density at radius 2 is 0.270 bits per heavy atom. The lowest BCUT2D eigenvalue weighted by Gasteiger charge is -2.31. The fourth-order valence-electron chi connectivity index (χ4n) is 14.1. The number of benzene rings is 12. The Balaban J connectivity index is 1.00. The third kappa shape index (κ3) is 21.9. The van der Waals surface area contributed by atoms with E-state index in [0.29, 0.717) is 112 Å². The Morgan fingerprint density at radius 1 is 0.164 bits per heavy atom. The maximum atomic E-state index is 13.0. The first-order valence-corrected chi connectivity index (χ1v) is 40.6. The molecular weight excluding hydrogens is 1550 g/mol. The molecule has 12 aromatic carbocycles. The maximum absolute atomic E-state index is 13.0. The second-order valence-corrected chi connectivity index (χ2v) is 28.0. The molecule has 122 heavy (non-hydrogen) atoms. The third-order valence-electron chi connectivity index (χ3n) is 20.1. The summed E-state index contributed by atoms with van der Waals surface area (Å²) in [5, 5.41) is 0. The molecule has 0 bridgehead atoms. The molecule has 0 atom stereocenters. The zero-order valence-corrected chi connectivity index (χ0v) is 69.0. The van der Waals surface area contributed by atoms with Gasteiger partial charge in [0.05, 0.1) is 97.4 Å². The number of carbonyl (C=O) groups is 8. The average Bonchev–Trinajstić information content (AvgIpc) is 0.769. The smallest absolute Gasteiger partial charge is 0.338 e. The molecule has 0 unspecified atom stereocenters. The summed E-state index contributed by atoms with van der Waals surface area (Å²) in [5.74, 6) is -3.01. The molecule has 0 heterocycles. The number of hydrogen-bond donors (Lipinski definition) is 0. The van der Waals surface area contributed by atoms with Crippen LogP contribution < -0.4 is 18.9 Å². The molecule has 0 aliphatic carbocycles. The molecule has 0 fully saturated rings. The monoisotopic (exact) mass is 1640 g/mol. The Kier molecular flexibility index (Phi) is 30.2. The molecule has 0 amide bonds. The van der Waals surface area contributed by atoms with Crippen molar-refractivity contribution >= 4 is 47.8 Å². The molecule has 0 saturated carbocycles. The van der Waals surface area contributed by atoms with Crippen LogP contribution in [0.15, 0.2) is 291 Å². The van der Waals surface area contributed by atoms with Gasteiger partial charge in [0.2, 0.25) is 0 Å². The Labute approximate surface area is 709 Å². The van der Waals surface area contributed by atoms with Crippen molar-refractivity contribution in [2.75, 3.05) is 52.9 Å². The molecular formula is C102H94O20. The van der Waals surface area contributed by atoms with Crippen LogP contribution in [0.25, 0.3) is 0 Å². The normalized spacial score (nSPS) is 11.1. The summed E-state index contributed by atoms with van der Waals surface area (Å²) in [5.41, 5.74) is 11.8. The van der Waals surface area contributed by atoms with Crippen molar-refractivity contribution in [3.05, 3.63) is 402 Å². The molecule has 0 N–H and O–H groups in total. The molecule has 12 aromatic rings. The highest BCUT2D eigenvalue weighted by Gasteiger charge is 2.32. The van der Waals surface area contributed by atoms with E-state index in [0.717, 1.165) is 22.3 Å². The molecule has 0 aromatic heterocycles. The van der Waals surface area contributed by atoms with Crippen molar-refractivity contribution in [2.24, 2.45) is 0 Å². The van der Waals surface area contributed by atoms with Crippen molar-refractivity contribution in [2.45, 2.75) is 91.6 Å². The lowest BCUT2D eigenvalue weighted by molar-refractivity contribution is 0.0516. The Bertz CT molecular complexity index is 4560. The highest BCUT2D eigenvalue weighted by molar-refractivity contribution is 5.93. The number of esters is 8. The quantitative estimate of drug-likeness (QED) is 0.0259. The molecule has 0 spiro atoms. The zero-order valence-electron chi connectivity index (χ0n) is 69.0. The van der Waals surface area contributed by atoms with Gasteiger partial charge in [0.25, 0.3) is 0 Å². The van der Waals surface area contributed by atoms with Gasteiger partial charge in [0.1, 0.15) is 47.4 Å². The lowest BCUT2D eigenvalue weighted by atomic mass is 9.73. The van der Waals surface area contributed by atoms with E-state index in [4.69, 9.17) is 56.8 Å². The van der Waals surface area contributed by atoms with E-state index in [-0.39, 0.29) is 52.9 Å². The topological polar surface area (TPSA) is 247 Å². The SMILES string of the molecule is CCOC(=O)c1ccc(C(Oc2ccc(C(c3ccc(OC(c4ccc(C(=O)OCC)cc4)c4ccc(C(=O)OCC)cc4)cc3)C(c3ccc(OC(c4ccc(C(=O)OCC)cc4)c4ccc(C(=O)OCC)cc4)cc3)c3ccc(OC(c4ccc(C(=O)OCC)cc4)c4ccc(C(=O)OCC)cc4)cc3)cc2)c2ccc(C(=O)OCC)cc2)cc1. The van der Waals surface area contributed by atoms with Crippen LogP contribution in [0.2, 0.25) is 0 Å². The number of rotatable bonds is 37. The Hall–Kier alpha value is -14.4. The highest BCUT2D eigenvalue weighted by atomic mass is 16.6. The van der Waals surface area contributed by atoms with E-state index in [1.165, 1.54) is 0 Å². The predicted molar refractivity (Wildman–Crippen MR) is 459 cm³/mol. The highest BCUT2D eigenvalue weighted by Crippen LogP contribution is 2.46. The minimum absolute atomic E-state index is 0.197. The van der Waals surface area contributed by atoms with E-state index < -0.39 is 84.0 Å². The summed E-state index contributed by atoms with van der Waals surface area (Å²) >= 11 is 0. The van der Waals surface area contributed by atoms with Crippen molar-refractivity contribution in [3.8, 4) is 23.0 Å². The van der Waals surface area contributed by atoms with Crippen molar-refractivity contribution in [3.63, 3.8) is 0 Å². The minimum Gasteiger partial charge on any atom is -0.481 e. The first-order chi connectivity index (χ1) is 59.4. The number of hydrogen-bond acceptors (Lipinski definition) is 20. The molecule has 0 aliphatic heterocycles. The summed E-state index contributed by atoms with van der Waals surface area (Å²) < 4.78 is 70.9. The molecule has 622 valence electrons. The predicted octanol–water partition coefficient (Wildman–Crippen LogP) is 20.7. The van der Waals surface area contributed by atoms with E-state index in [2.05, 4.69) is 0 Å². The second-order valence-electron chi connectivity index (χ2n) is 28.0. The summed E-state index contributed by atoms with van der Waals surface area (Å²) in [6.07, 6.45) is -3.05. The number of ether oxygens (including phenoxy) is 12. The van der Waals surface area contributed by atoms with Crippen LogP contribution in [-0.2, 0) is 37.9 Å². The molecule has 0 saturated heterocycles. The van der Waals surface area contributed by atoms with Gasteiger partial charge in [-0.05, 0) is 268 Å². The fourth-order valence-corrected chi connectivity index (χ4v) is 14.1. The summed E-state index contributed by atoms with van der Waals surface area (Å²) in [6, 6.07) is 87.3. The van der Waals surface area contributed by atoms with Gasteiger partial charge in [-0.1, -0.05) is 146 Å².